The lowest BCUT2D eigenvalue weighted by Crippen LogP contribution is -2.33. The molecule has 2 rings (SSSR count). The predicted octanol–water partition coefficient (Wildman–Crippen LogP) is 2.84. The van der Waals surface area contributed by atoms with Crippen molar-refractivity contribution >= 4 is 23.5 Å². The van der Waals surface area contributed by atoms with E-state index in [4.69, 9.17) is 4.74 Å². The van der Waals surface area contributed by atoms with Crippen LogP contribution in [0.3, 0.4) is 0 Å². The molecule has 6 heteroatoms. The van der Waals surface area contributed by atoms with Crippen LogP contribution < -0.4 is 5.32 Å². The second-order valence-corrected chi connectivity index (χ2v) is 5.78. The second kappa shape index (κ2) is 7.26. The molecule has 1 saturated carbocycles. The Morgan fingerprint density at radius 1 is 1.22 bits per heavy atom. The number of hydrogen-bond donors (Lipinski definition) is 2. The molecule has 6 nitrogen and oxygen atoms in total. The lowest BCUT2D eigenvalue weighted by molar-refractivity contribution is -0.150. The van der Waals surface area contributed by atoms with Gasteiger partial charge in [0, 0.05) is 6.42 Å². The molecular formula is C17H21NO5. The average molecular weight is 319 g/mol. The molecule has 124 valence electrons. The van der Waals surface area contributed by atoms with Crippen molar-refractivity contribution in [1.82, 2.24) is 0 Å². The zero-order valence-corrected chi connectivity index (χ0v) is 13.1. The Bertz CT molecular complexity index is 605. The first-order valence-electron chi connectivity index (χ1n) is 7.78. The van der Waals surface area contributed by atoms with Crippen LogP contribution in [-0.4, -0.2) is 29.6 Å². The van der Waals surface area contributed by atoms with E-state index in [2.05, 4.69) is 5.32 Å². The molecule has 1 aromatic rings. The van der Waals surface area contributed by atoms with Gasteiger partial charge in [0.1, 0.15) is 0 Å². The average Bonchev–Trinajstić information content (AvgIpc) is 2.97. The van der Waals surface area contributed by atoms with Crippen molar-refractivity contribution in [2.75, 3.05) is 11.9 Å². The number of anilines is 1. The fourth-order valence-electron chi connectivity index (χ4n) is 3.00. The molecule has 1 aliphatic carbocycles. The molecule has 1 aliphatic rings. The van der Waals surface area contributed by atoms with Crippen LogP contribution in [0, 0.1) is 5.41 Å². The fourth-order valence-corrected chi connectivity index (χ4v) is 3.00. The van der Waals surface area contributed by atoms with E-state index in [9.17, 15) is 19.5 Å². The number of nitrogens with one attached hydrogen (secondary N) is 1. The Kier molecular flexibility index (Phi) is 5.36. The minimum Gasteiger partial charge on any atom is -0.481 e. The number of carbonyl (C=O) groups is 3. The summed E-state index contributed by atoms with van der Waals surface area (Å²) in [7, 11) is 0. The lowest BCUT2D eigenvalue weighted by atomic mass is 9.82. The number of hydrogen-bond acceptors (Lipinski definition) is 4. The maximum Gasteiger partial charge on any atom is 0.340 e. The van der Waals surface area contributed by atoms with Crippen LogP contribution in [-0.2, 0) is 14.3 Å². The molecule has 0 aliphatic heterocycles. The maximum absolute atomic E-state index is 12.3. The Morgan fingerprint density at radius 3 is 2.48 bits per heavy atom. The highest BCUT2D eigenvalue weighted by molar-refractivity contribution is 6.02. The van der Waals surface area contributed by atoms with Crippen LogP contribution in [0.4, 0.5) is 5.69 Å². The highest BCUT2D eigenvalue weighted by atomic mass is 16.5. The number of aliphatic carboxylic acids is 1. The van der Waals surface area contributed by atoms with E-state index < -0.39 is 23.3 Å². The van der Waals surface area contributed by atoms with Gasteiger partial charge in [-0.3, -0.25) is 9.59 Å². The van der Waals surface area contributed by atoms with Crippen LogP contribution in [0.2, 0.25) is 0 Å². The number of esters is 1. The molecule has 0 atom stereocenters. The molecule has 0 bridgehead atoms. The monoisotopic (exact) mass is 319 g/mol. The van der Waals surface area contributed by atoms with Gasteiger partial charge in [0.05, 0.1) is 23.3 Å². The summed E-state index contributed by atoms with van der Waals surface area (Å²) in [5.41, 5.74) is -0.379. The highest BCUT2D eigenvalue weighted by Crippen LogP contribution is 2.41. The van der Waals surface area contributed by atoms with Crippen molar-refractivity contribution in [2.45, 2.75) is 39.0 Å². The van der Waals surface area contributed by atoms with Gasteiger partial charge in [-0.25, -0.2) is 4.79 Å². The SMILES string of the molecule is CCOC(=O)c1ccccc1NC(=O)CC1(C(=O)O)CCCC1. The van der Waals surface area contributed by atoms with E-state index in [1.165, 1.54) is 0 Å². The zero-order chi connectivity index (χ0) is 16.9. The van der Waals surface area contributed by atoms with Crippen molar-refractivity contribution in [1.29, 1.82) is 0 Å². The van der Waals surface area contributed by atoms with Gasteiger partial charge >= 0.3 is 11.9 Å². The normalized spacial score (nSPS) is 15.9. The fraction of sp³-hybridized carbons (Fsp3) is 0.471. The van der Waals surface area contributed by atoms with Gasteiger partial charge in [0.25, 0.3) is 0 Å². The van der Waals surface area contributed by atoms with E-state index in [-0.39, 0.29) is 18.6 Å². The van der Waals surface area contributed by atoms with E-state index in [1.54, 1.807) is 31.2 Å². The quantitative estimate of drug-likeness (QED) is 0.787. The molecule has 1 aromatic carbocycles. The van der Waals surface area contributed by atoms with Gasteiger partial charge in [0.15, 0.2) is 0 Å². The molecule has 0 unspecified atom stereocenters. The Balaban J connectivity index is 2.11. The summed E-state index contributed by atoms with van der Waals surface area (Å²) in [5, 5.41) is 12.1. The van der Waals surface area contributed by atoms with Gasteiger partial charge in [-0.1, -0.05) is 25.0 Å². The van der Waals surface area contributed by atoms with Gasteiger partial charge in [-0.15, -0.1) is 0 Å². The summed E-state index contributed by atoms with van der Waals surface area (Å²) in [6.45, 7) is 1.94. The number of carboxylic acid groups (broad SMARTS) is 1. The first-order chi connectivity index (χ1) is 11.0. The van der Waals surface area contributed by atoms with Crippen molar-refractivity contribution in [3.05, 3.63) is 29.8 Å². The van der Waals surface area contributed by atoms with E-state index in [0.717, 1.165) is 12.8 Å². The topological polar surface area (TPSA) is 92.7 Å². The zero-order valence-electron chi connectivity index (χ0n) is 13.1. The van der Waals surface area contributed by atoms with Gasteiger partial charge < -0.3 is 15.2 Å². The van der Waals surface area contributed by atoms with Crippen LogP contribution >= 0.6 is 0 Å². The number of carbonyl (C=O) groups excluding carboxylic acids is 2. The summed E-state index contributed by atoms with van der Waals surface area (Å²) >= 11 is 0. The summed E-state index contributed by atoms with van der Waals surface area (Å²) < 4.78 is 4.96. The Morgan fingerprint density at radius 2 is 1.87 bits per heavy atom. The van der Waals surface area contributed by atoms with Gasteiger partial charge in [-0.05, 0) is 31.9 Å². The van der Waals surface area contributed by atoms with Crippen molar-refractivity contribution in [3.8, 4) is 0 Å². The van der Waals surface area contributed by atoms with Crippen molar-refractivity contribution in [2.24, 2.45) is 5.41 Å². The largest absolute Gasteiger partial charge is 0.481 e. The molecule has 0 radical (unpaired) electrons. The molecular weight excluding hydrogens is 298 g/mol. The summed E-state index contributed by atoms with van der Waals surface area (Å²) in [6, 6.07) is 6.54. The smallest absolute Gasteiger partial charge is 0.340 e. The van der Waals surface area contributed by atoms with Crippen LogP contribution in [0.5, 0.6) is 0 Å². The molecule has 0 saturated heterocycles. The van der Waals surface area contributed by atoms with E-state index in [0.29, 0.717) is 18.5 Å². The number of benzene rings is 1. The predicted molar refractivity (Wildman–Crippen MR) is 84.2 cm³/mol. The number of amides is 1. The third-order valence-electron chi connectivity index (χ3n) is 4.21. The van der Waals surface area contributed by atoms with Crippen LogP contribution in [0.15, 0.2) is 24.3 Å². The third-order valence-corrected chi connectivity index (χ3v) is 4.21. The number of para-hydroxylation sites is 1. The third kappa shape index (κ3) is 3.88. The molecule has 0 heterocycles. The van der Waals surface area contributed by atoms with Gasteiger partial charge in [-0.2, -0.15) is 0 Å². The van der Waals surface area contributed by atoms with Crippen LogP contribution in [0.25, 0.3) is 0 Å². The van der Waals surface area contributed by atoms with E-state index in [1.807, 2.05) is 0 Å². The van der Waals surface area contributed by atoms with E-state index >= 15 is 0 Å². The Labute approximate surface area is 134 Å². The summed E-state index contributed by atoms with van der Waals surface area (Å²) in [6.07, 6.45) is 2.57. The molecule has 23 heavy (non-hydrogen) atoms. The minimum atomic E-state index is -0.983. The first-order valence-corrected chi connectivity index (χ1v) is 7.78. The summed E-state index contributed by atoms with van der Waals surface area (Å²) in [5.74, 6) is -1.84. The van der Waals surface area contributed by atoms with Gasteiger partial charge in [0.2, 0.25) is 5.91 Å². The maximum atomic E-state index is 12.3. The lowest BCUT2D eigenvalue weighted by Gasteiger charge is -2.23. The molecule has 1 amide bonds. The number of ether oxygens (including phenoxy) is 1. The molecule has 2 N–H and O–H groups in total. The molecule has 0 aromatic heterocycles. The first kappa shape index (κ1) is 17.0. The highest BCUT2D eigenvalue weighted by Gasteiger charge is 2.43. The Hall–Kier alpha value is -2.37. The molecule has 1 fully saturated rings. The standard InChI is InChI=1S/C17H21NO5/c1-2-23-15(20)12-7-3-4-8-13(12)18-14(19)11-17(16(21)22)9-5-6-10-17/h3-4,7-8H,2,5-6,9-11H2,1H3,(H,18,19)(H,21,22). The van der Waals surface area contributed by atoms with Crippen molar-refractivity contribution in [3.63, 3.8) is 0 Å². The second-order valence-electron chi connectivity index (χ2n) is 5.78. The van der Waals surface area contributed by atoms with Crippen LogP contribution in [0.1, 0.15) is 49.4 Å². The number of rotatable bonds is 6. The number of carboxylic acids is 1. The minimum absolute atomic E-state index is 0.0838. The summed E-state index contributed by atoms with van der Waals surface area (Å²) in [4.78, 5) is 35.7. The molecule has 0 spiro atoms. The van der Waals surface area contributed by atoms with Crippen molar-refractivity contribution < 1.29 is 24.2 Å².